The van der Waals surface area contributed by atoms with Crippen LogP contribution in [-0.2, 0) is 4.79 Å². The van der Waals surface area contributed by atoms with E-state index in [1.807, 2.05) is 0 Å². The van der Waals surface area contributed by atoms with Crippen molar-refractivity contribution in [2.45, 2.75) is 38.1 Å². The van der Waals surface area contributed by atoms with Gasteiger partial charge in [-0.1, -0.05) is 6.42 Å². The Bertz CT molecular complexity index is 173. The predicted octanol–water partition coefficient (Wildman–Crippen LogP) is 0.651. The van der Waals surface area contributed by atoms with E-state index < -0.39 is 0 Å². The standard InChI is InChI=1S/C8H14N2O/c9-10(7-4-5-7)8(11)6-2-1-3-6/h6-7H,1-5,9H2. The molecule has 0 unspecified atom stereocenters. The van der Waals surface area contributed by atoms with Crippen LogP contribution >= 0.6 is 0 Å². The fraction of sp³-hybridized carbons (Fsp3) is 0.875. The number of rotatable bonds is 2. The van der Waals surface area contributed by atoms with Gasteiger partial charge in [-0.3, -0.25) is 9.80 Å². The van der Waals surface area contributed by atoms with Gasteiger partial charge in [-0.2, -0.15) is 0 Å². The number of nitrogens with zero attached hydrogens (tertiary/aromatic N) is 1. The molecule has 0 aliphatic heterocycles. The summed E-state index contributed by atoms with van der Waals surface area (Å²) in [6.45, 7) is 0. The second-order valence-electron chi connectivity index (χ2n) is 3.60. The van der Waals surface area contributed by atoms with E-state index in [0.717, 1.165) is 25.7 Å². The summed E-state index contributed by atoms with van der Waals surface area (Å²) in [6, 6.07) is 0.378. The maximum Gasteiger partial charge on any atom is 0.239 e. The molecule has 11 heavy (non-hydrogen) atoms. The first-order valence-electron chi connectivity index (χ1n) is 4.37. The lowest BCUT2D eigenvalue weighted by Crippen LogP contribution is -2.44. The second-order valence-corrected chi connectivity index (χ2v) is 3.60. The Labute approximate surface area is 66.5 Å². The minimum absolute atomic E-state index is 0.179. The Morgan fingerprint density at radius 2 is 1.91 bits per heavy atom. The summed E-state index contributed by atoms with van der Waals surface area (Å²) in [6.07, 6.45) is 5.53. The number of carbonyl (C=O) groups is 1. The molecular weight excluding hydrogens is 140 g/mol. The summed E-state index contributed by atoms with van der Waals surface area (Å²) in [5, 5.41) is 1.46. The molecule has 62 valence electrons. The van der Waals surface area contributed by atoms with Gasteiger partial charge in [-0.25, -0.2) is 5.84 Å². The van der Waals surface area contributed by atoms with E-state index >= 15 is 0 Å². The summed E-state index contributed by atoms with van der Waals surface area (Å²) < 4.78 is 0. The Morgan fingerprint density at radius 1 is 1.27 bits per heavy atom. The first kappa shape index (κ1) is 7.10. The van der Waals surface area contributed by atoms with Gasteiger partial charge in [-0.05, 0) is 25.7 Å². The van der Waals surface area contributed by atoms with Crippen LogP contribution in [0.4, 0.5) is 0 Å². The molecule has 0 radical (unpaired) electrons. The fourth-order valence-corrected chi connectivity index (χ4v) is 1.40. The van der Waals surface area contributed by atoms with Crippen LogP contribution in [0.1, 0.15) is 32.1 Å². The highest BCUT2D eigenvalue weighted by atomic mass is 16.2. The minimum Gasteiger partial charge on any atom is -0.277 e. The van der Waals surface area contributed by atoms with E-state index in [1.54, 1.807) is 0 Å². The van der Waals surface area contributed by atoms with Crippen LogP contribution in [0.25, 0.3) is 0 Å². The molecule has 0 heterocycles. The first-order chi connectivity index (χ1) is 5.29. The molecule has 2 aliphatic rings. The topological polar surface area (TPSA) is 46.3 Å². The van der Waals surface area contributed by atoms with Crippen LogP contribution in [0.3, 0.4) is 0 Å². The molecule has 0 atom stereocenters. The van der Waals surface area contributed by atoms with Gasteiger partial charge in [0.05, 0.1) is 0 Å². The normalized spacial score (nSPS) is 24.5. The second kappa shape index (κ2) is 2.48. The Balaban J connectivity index is 1.86. The van der Waals surface area contributed by atoms with Crippen LogP contribution in [0.15, 0.2) is 0 Å². The summed E-state index contributed by atoms with van der Waals surface area (Å²) >= 11 is 0. The molecule has 0 spiro atoms. The molecule has 2 N–H and O–H groups in total. The van der Waals surface area contributed by atoms with Gasteiger partial charge in [0.15, 0.2) is 0 Å². The van der Waals surface area contributed by atoms with Crippen molar-refractivity contribution >= 4 is 5.91 Å². The molecule has 2 saturated carbocycles. The van der Waals surface area contributed by atoms with Crippen LogP contribution in [0, 0.1) is 5.92 Å². The van der Waals surface area contributed by atoms with Crippen molar-refractivity contribution < 1.29 is 4.79 Å². The van der Waals surface area contributed by atoms with Gasteiger partial charge < -0.3 is 0 Å². The molecule has 0 aromatic rings. The summed E-state index contributed by atoms with van der Waals surface area (Å²) in [4.78, 5) is 11.4. The minimum atomic E-state index is 0.179. The quantitative estimate of drug-likeness (QED) is 0.360. The Hall–Kier alpha value is -0.570. The van der Waals surface area contributed by atoms with Crippen molar-refractivity contribution in [2.75, 3.05) is 0 Å². The van der Waals surface area contributed by atoms with E-state index in [2.05, 4.69) is 0 Å². The highest BCUT2D eigenvalue weighted by Crippen LogP contribution is 2.31. The first-order valence-corrected chi connectivity index (χ1v) is 4.37. The Morgan fingerprint density at radius 3 is 2.27 bits per heavy atom. The lowest BCUT2D eigenvalue weighted by molar-refractivity contribution is -0.139. The molecule has 0 saturated heterocycles. The molecular formula is C8H14N2O. The highest BCUT2D eigenvalue weighted by molar-refractivity contribution is 5.79. The number of hydrogen-bond donors (Lipinski definition) is 1. The third kappa shape index (κ3) is 1.25. The predicted molar refractivity (Wildman–Crippen MR) is 41.4 cm³/mol. The van der Waals surface area contributed by atoms with E-state index in [4.69, 9.17) is 5.84 Å². The summed E-state index contributed by atoms with van der Waals surface area (Å²) in [5.41, 5.74) is 0. The van der Waals surface area contributed by atoms with Gasteiger partial charge in [0, 0.05) is 12.0 Å². The number of nitrogens with two attached hydrogens (primary N) is 1. The zero-order chi connectivity index (χ0) is 7.84. The number of hydrazine groups is 1. The molecule has 2 rings (SSSR count). The van der Waals surface area contributed by atoms with E-state index in [-0.39, 0.29) is 11.8 Å². The fourth-order valence-electron chi connectivity index (χ4n) is 1.40. The maximum absolute atomic E-state index is 11.4. The molecule has 0 aromatic carbocycles. The SMILES string of the molecule is NN(C(=O)C1CCC1)C1CC1. The molecule has 2 fully saturated rings. The number of carbonyl (C=O) groups excluding carboxylic acids is 1. The lowest BCUT2D eigenvalue weighted by Gasteiger charge is -2.28. The number of amides is 1. The van der Waals surface area contributed by atoms with Gasteiger partial charge in [0.2, 0.25) is 5.91 Å². The van der Waals surface area contributed by atoms with E-state index in [9.17, 15) is 4.79 Å². The monoisotopic (exact) mass is 154 g/mol. The average molecular weight is 154 g/mol. The molecule has 3 nitrogen and oxygen atoms in total. The van der Waals surface area contributed by atoms with Crippen molar-refractivity contribution in [3.05, 3.63) is 0 Å². The van der Waals surface area contributed by atoms with Crippen LogP contribution in [-0.4, -0.2) is 17.0 Å². The smallest absolute Gasteiger partial charge is 0.239 e. The van der Waals surface area contributed by atoms with Crippen LogP contribution in [0.5, 0.6) is 0 Å². The van der Waals surface area contributed by atoms with Crippen molar-refractivity contribution in [1.29, 1.82) is 0 Å². The van der Waals surface area contributed by atoms with Crippen molar-refractivity contribution in [1.82, 2.24) is 5.01 Å². The average Bonchev–Trinajstić information content (AvgIpc) is 2.62. The molecule has 3 heteroatoms. The molecule has 2 aliphatic carbocycles. The van der Waals surface area contributed by atoms with E-state index in [0.29, 0.717) is 6.04 Å². The van der Waals surface area contributed by atoms with Crippen LogP contribution < -0.4 is 5.84 Å². The zero-order valence-electron chi connectivity index (χ0n) is 6.62. The highest BCUT2D eigenvalue weighted by Gasteiger charge is 2.35. The third-order valence-corrected chi connectivity index (χ3v) is 2.65. The zero-order valence-corrected chi connectivity index (χ0v) is 6.62. The van der Waals surface area contributed by atoms with Crippen LogP contribution in [0.2, 0.25) is 0 Å². The molecule has 0 bridgehead atoms. The molecule has 1 amide bonds. The summed E-state index contributed by atoms with van der Waals surface area (Å²) in [5.74, 6) is 6.06. The van der Waals surface area contributed by atoms with Gasteiger partial charge in [0.25, 0.3) is 0 Å². The lowest BCUT2D eigenvalue weighted by atomic mass is 9.84. The Kier molecular flexibility index (Phi) is 1.60. The van der Waals surface area contributed by atoms with Gasteiger partial charge in [-0.15, -0.1) is 0 Å². The summed E-state index contributed by atoms with van der Waals surface area (Å²) in [7, 11) is 0. The number of hydrogen-bond acceptors (Lipinski definition) is 2. The maximum atomic E-state index is 11.4. The van der Waals surface area contributed by atoms with Gasteiger partial charge in [0.1, 0.15) is 0 Å². The van der Waals surface area contributed by atoms with Crippen molar-refractivity contribution in [3.8, 4) is 0 Å². The largest absolute Gasteiger partial charge is 0.277 e. The third-order valence-electron chi connectivity index (χ3n) is 2.65. The van der Waals surface area contributed by atoms with Gasteiger partial charge >= 0.3 is 0 Å². The molecule has 0 aromatic heterocycles. The van der Waals surface area contributed by atoms with Crippen molar-refractivity contribution in [2.24, 2.45) is 11.8 Å². The van der Waals surface area contributed by atoms with E-state index in [1.165, 1.54) is 11.4 Å². The van der Waals surface area contributed by atoms with Crippen molar-refractivity contribution in [3.63, 3.8) is 0 Å².